The summed E-state index contributed by atoms with van der Waals surface area (Å²) in [4.78, 5) is 8.38. The Labute approximate surface area is 202 Å². The van der Waals surface area contributed by atoms with Crippen LogP contribution >= 0.6 is 0 Å². The van der Waals surface area contributed by atoms with Crippen molar-refractivity contribution in [2.24, 2.45) is 0 Å². The van der Waals surface area contributed by atoms with E-state index < -0.39 is 11.9 Å². The predicted octanol–water partition coefficient (Wildman–Crippen LogP) is 7.02. The molecule has 7 heteroatoms. The highest BCUT2D eigenvalue weighted by atomic mass is 19.4. The van der Waals surface area contributed by atoms with E-state index in [1.54, 1.807) is 12.3 Å². The van der Waals surface area contributed by atoms with Gasteiger partial charge in [0, 0.05) is 35.4 Å². The first kappa shape index (κ1) is 24.1. The fourth-order valence-corrected chi connectivity index (χ4v) is 4.08. The van der Waals surface area contributed by atoms with E-state index >= 15 is 0 Å². The number of benzene rings is 2. The molecule has 4 rings (SSSR count). The van der Waals surface area contributed by atoms with Gasteiger partial charge in [-0.25, -0.2) is 0 Å². The minimum Gasteiger partial charge on any atom is -0.362 e. The fourth-order valence-electron chi connectivity index (χ4n) is 4.08. The largest absolute Gasteiger partial charge is 0.433 e. The highest BCUT2D eigenvalue weighted by Gasteiger charge is 2.32. The number of anilines is 1. The van der Waals surface area contributed by atoms with E-state index in [1.807, 2.05) is 31.2 Å². The second-order valence-corrected chi connectivity index (χ2v) is 8.42. The Balaban J connectivity index is 1.58. The van der Waals surface area contributed by atoms with Crippen LogP contribution in [0.4, 0.5) is 18.9 Å². The third-order valence-corrected chi connectivity index (χ3v) is 5.94. The summed E-state index contributed by atoms with van der Waals surface area (Å²) in [6.45, 7) is 4.11. The standard InChI is InChI=1S/C28H25F3N4/c1-18-24(15-20-4-8-23(9-5-20)33-13-3-12-32)19(2)35-26-10-6-21(16-25(18)26)14-22-7-11-27(34-17-22)28(29,30)31/h3-13,16-17,32-33H,14-15H2,1-2H3/b13-3-,32-12?. The maximum atomic E-state index is 12.8. The minimum atomic E-state index is -4.44. The van der Waals surface area contributed by atoms with Crippen LogP contribution < -0.4 is 5.32 Å². The maximum Gasteiger partial charge on any atom is 0.433 e. The number of alkyl halides is 3. The van der Waals surface area contributed by atoms with Crippen molar-refractivity contribution in [3.05, 3.63) is 112 Å². The van der Waals surface area contributed by atoms with Crippen molar-refractivity contribution in [2.75, 3.05) is 5.32 Å². The van der Waals surface area contributed by atoms with Gasteiger partial charge < -0.3 is 10.7 Å². The minimum absolute atomic E-state index is 0.491. The third kappa shape index (κ3) is 5.74. The molecule has 2 N–H and O–H groups in total. The van der Waals surface area contributed by atoms with Gasteiger partial charge in [0.25, 0.3) is 0 Å². The SMILES string of the molecule is Cc1nc2ccc(Cc3ccc(C(F)(F)F)nc3)cc2c(C)c1Cc1ccc(N/C=C\C=N)cc1. The summed E-state index contributed by atoms with van der Waals surface area (Å²) in [5, 5.41) is 11.2. The Kier molecular flexibility index (Phi) is 6.96. The number of allylic oxidation sites excluding steroid dienone is 1. The molecular formula is C28H25F3N4. The molecule has 0 aliphatic carbocycles. The van der Waals surface area contributed by atoms with Crippen LogP contribution in [0.25, 0.3) is 10.9 Å². The molecule has 0 saturated carbocycles. The Morgan fingerprint density at radius 2 is 1.63 bits per heavy atom. The molecule has 0 bridgehead atoms. The van der Waals surface area contributed by atoms with Crippen LogP contribution in [0.1, 0.15) is 39.2 Å². The van der Waals surface area contributed by atoms with Crippen molar-refractivity contribution < 1.29 is 13.2 Å². The van der Waals surface area contributed by atoms with Gasteiger partial charge in [0.05, 0.1) is 5.52 Å². The molecule has 2 aromatic carbocycles. The van der Waals surface area contributed by atoms with Gasteiger partial charge in [0.2, 0.25) is 0 Å². The summed E-state index contributed by atoms with van der Waals surface area (Å²) in [6.07, 6.45) is 2.62. The van der Waals surface area contributed by atoms with Gasteiger partial charge in [0.1, 0.15) is 5.69 Å². The van der Waals surface area contributed by atoms with Gasteiger partial charge in [-0.05, 0) is 90.9 Å². The van der Waals surface area contributed by atoms with E-state index in [2.05, 4.69) is 35.4 Å². The molecule has 4 aromatic rings. The zero-order valence-corrected chi connectivity index (χ0v) is 19.4. The van der Waals surface area contributed by atoms with Crippen molar-refractivity contribution in [1.29, 1.82) is 5.41 Å². The Morgan fingerprint density at radius 3 is 2.29 bits per heavy atom. The van der Waals surface area contributed by atoms with E-state index in [-0.39, 0.29) is 0 Å². The Hall–Kier alpha value is -4.00. The van der Waals surface area contributed by atoms with Crippen molar-refractivity contribution in [2.45, 2.75) is 32.9 Å². The third-order valence-electron chi connectivity index (χ3n) is 5.94. The highest BCUT2D eigenvalue weighted by Crippen LogP contribution is 2.29. The molecule has 35 heavy (non-hydrogen) atoms. The normalized spacial score (nSPS) is 11.8. The molecule has 0 fully saturated rings. The average molecular weight is 475 g/mol. The first-order valence-corrected chi connectivity index (χ1v) is 11.2. The quantitative estimate of drug-likeness (QED) is 0.283. The Bertz CT molecular complexity index is 1370. The van der Waals surface area contributed by atoms with Gasteiger partial charge in [-0.1, -0.05) is 24.3 Å². The summed E-state index contributed by atoms with van der Waals surface area (Å²) in [5.41, 5.74) is 7.12. The molecule has 178 valence electrons. The molecule has 2 heterocycles. The number of rotatable bonds is 7. The first-order chi connectivity index (χ1) is 16.7. The van der Waals surface area contributed by atoms with Crippen LogP contribution in [0.3, 0.4) is 0 Å². The number of hydrogen-bond acceptors (Lipinski definition) is 4. The molecular weight excluding hydrogens is 449 g/mol. The van der Waals surface area contributed by atoms with Crippen LogP contribution in [0.15, 0.2) is 73.1 Å². The zero-order chi connectivity index (χ0) is 25.0. The van der Waals surface area contributed by atoms with Crippen LogP contribution in [-0.2, 0) is 19.0 Å². The van der Waals surface area contributed by atoms with Crippen LogP contribution in [0.5, 0.6) is 0 Å². The second kappa shape index (κ2) is 10.1. The predicted molar refractivity (Wildman–Crippen MR) is 134 cm³/mol. The summed E-state index contributed by atoms with van der Waals surface area (Å²) < 4.78 is 38.4. The van der Waals surface area contributed by atoms with Crippen molar-refractivity contribution in [1.82, 2.24) is 9.97 Å². The van der Waals surface area contributed by atoms with Gasteiger partial charge in [0.15, 0.2) is 0 Å². The molecule has 0 amide bonds. The van der Waals surface area contributed by atoms with Gasteiger partial charge in [-0.15, -0.1) is 0 Å². The summed E-state index contributed by atoms with van der Waals surface area (Å²) in [7, 11) is 0. The first-order valence-electron chi connectivity index (χ1n) is 11.2. The smallest absolute Gasteiger partial charge is 0.362 e. The topological polar surface area (TPSA) is 61.7 Å². The number of aromatic nitrogens is 2. The molecule has 0 aliphatic rings. The number of aryl methyl sites for hydroxylation is 2. The summed E-state index contributed by atoms with van der Waals surface area (Å²) in [5.74, 6) is 0. The lowest BCUT2D eigenvalue weighted by molar-refractivity contribution is -0.141. The van der Waals surface area contributed by atoms with E-state index in [0.717, 1.165) is 62.6 Å². The maximum absolute atomic E-state index is 12.8. The molecule has 2 aromatic heterocycles. The summed E-state index contributed by atoms with van der Waals surface area (Å²) in [6, 6.07) is 16.6. The summed E-state index contributed by atoms with van der Waals surface area (Å²) >= 11 is 0. The second-order valence-electron chi connectivity index (χ2n) is 8.42. The lowest BCUT2D eigenvalue weighted by Gasteiger charge is -2.14. The molecule has 0 saturated heterocycles. The molecule has 0 spiro atoms. The number of fused-ring (bicyclic) bond motifs is 1. The van der Waals surface area contributed by atoms with Gasteiger partial charge in [-0.2, -0.15) is 13.2 Å². The van der Waals surface area contributed by atoms with Crippen LogP contribution in [0.2, 0.25) is 0 Å². The number of nitrogens with zero attached hydrogens (tertiary/aromatic N) is 2. The van der Waals surface area contributed by atoms with Gasteiger partial charge in [-0.3, -0.25) is 9.97 Å². The Morgan fingerprint density at radius 1 is 0.914 bits per heavy atom. The molecule has 0 radical (unpaired) electrons. The lowest BCUT2D eigenvalue weighted by atomic mass is 9.94. The number of hydrogen-bond donors (Lipinski definition) is 2. The van der Waals surface area contributed by atoms with Crippen molar-refractivity contribution >= 4 is 22.8 Å². The van der Waals surface area contributed by atoms with E-state index in [9.17, 15) is 13.2 Å². The van der Waals surface area contributed by atoms with Gasteiger partial charge >= 0.3 is 6.18 Å². The lowest BCUT2D eigenvalue weighted by Crippen LogP contribution is -2.07. The molecule has 0 aliphatic heterocycles. The zero-order valence-electron chi connectivity index (χ0n) is 19.4. The number of pyridine rings is 2. The van der Waals surface area contributed by atoms with E-state index in [0.29, 0.717) is 6.42 Å². The van der Waals surface area contributed by atoms with E-state index in [4.69, 9.17) is 10.4 Å². The molecule has 0 atom stereocenters. The van der Waals surface area contributed by atoms with Crippen LogP contribution in [-0.4, -0.2) is 16.2 Å². The fraction of sp³-hybridized carbons (Fsp3) is 0.179. The molecule has 4 nitrogen and oxygen atoms in total. The molecule has 0 unspecified atom stereocenters. The van der Waals surface area contributed by atoms with E-state index in [1.165, 1.54) is 18.5 Å². The number of nitrogens with one attached hydrogen (secondary N) is 2. The highest BCUT2D eigenvalue weighted by molar-refractivity contribution is 5.84. The van der Waals surface area contributed by atoms with Crippen LogP contribution in [0, 0.1) is 19.3 Å². The number of halogens is 3. The van der Waals surface area contributed by atoms with Crippen molar-refractivity contribution in [3.63, 3.8) is 0 Å². The monoisotopic (exact) mass is 474 g/mol. The van der Waals surface area contributed by atoms with Crippen molar-refractivity contribution in [3.8, 4) is 0 Å². The average Bonchev–Trinajstić information content (AvgIpc) is 2.83.